The molecule has 0 unspecified atom stereocenters. The van der Waals surface area contributed by atoms with E-state index in [1.165, 1.54) is 96.3 Å². The molecule has 4 nitrogen and oxygen atoms in total. The molecule has 0 radical (unpaired) electrons. The van der Waals surface area contributed by atoms with E-state index in [-0.39, 0.29) is 12.6 Å². The maximum atomic E-state index is 11.7. The third-order valence-corrected chi connectivity index (χ3v) is 5.37. The Morgan fingerprint density at radius 2 is 1.04 bits per heavy atom. The van der Waals surface area contributed by atoms with Crippen molar-refractivity contribution in [2.24, 2.45) is 0 Å². The first-order chi connectivity index (χ1) is 13.3. The molecule has 27 heavy (non-hydrogen) atoms. The van der Waals surface area contributed by atoms with E-state index < -0.39 is 0 Å². The van der Waals surface area contributed by atoms with Crippen molar-refractivity contribution in [3.63, 3.8) is 0 Å². The summed E-state index contributed by atoms with van der Waals surface area (Å²) in [5.41, 5.74) is 0. The minimum atomic E-state index is -0.0237. The lowest BCUT2D eigenvalue weighted by molar-refractivity contribution is 0.190. The average molecular weight is 385 g/mol. The van der Waals surface area contributed by atoms with Crippen molar-refractivity contribution in [1.29, 1.82) is 0 Å². The number of carbonyl (C=O) groups excluding carboxylic acids is 1. The topological polar surface area (TPSA) is 52.6 Å². The molecule has 4 heteroatoms. The van der Waals surface area contributed by atoms with Gasteiger partial charge in [0.1, 0.15) is 0 Å². The van der Waals surface area contributed by atoms with Crippen LogP contribution >= 0.6 is 0 Å². The highest BCUT2D eigenvalue weighted by atomic mass is 16.3. The first-order valence-corrected chi connectivity index (χ1v) is 11.8. The van der Waals surface area contributed by atoms with Crippen molar-refractivity contribution in [3.8, 4) is 0 Å². The fourth-order valence-corrected chi connectivity index (χ4v) is 3.59. The standard InChI is InChI=1S/C23H48N2O2/c1-3-4-5-6-7-8-9-10-11-12-13-14-15-16-17-18-20-25(21-19-22-26)23(27)24-2/h26H,3-22H2,1-2H3,(H,24,27). The molecule has 0 rings (SSSR count). The second-order valence-electron chi connectivity index (χ2n) is 7.92. The number of nitrogens with zero attached hydrogens (tertiary/aromatic N) is 1. The number of hydrogen-bond acceptors (Lipinski definition) is 2. The molecule has 0 bridgehead atoms. The van der Waals surface area contributed by atoms with Crippen molar-refractivity contribution in [2.75, 3.05) is 26.7 Å². The summed E-state index contributed by atoms with van der Waals surface area (Å²) in [6, 6.07) is -0.0237. The molecule has 2 amide bonds. The van der Waals surface area contributed by atoms with E-state index in [4.69, 9.17) is 5.11 Å². The van der Waals surface area contributed by atoms with E-state index in [0.717, 1.165) is 13.0 Å². The van der Waals surface area contributed by atoms with Crippen molar-refractivity contribution in [3.05, 3.63) is 0 Å². The molecule has 0 aliphatic carbocycles. The Kier molecular flexibility index (Phi) is 20.9. The Morgan fingerprint density at radius 3 is 1.41 bits per heavy atom. The number of amides is 2. The van der Waals surface area contributed by atoms with Gasteiger partial charge < -0.3 is 15.3 Å². The van der Waals surface area contributed by atoms with Crippen LogP contribution in [0.3, 0.4) is 0 Å². The van der Waals surface area contributed by atoms with Gasteiger partial charge in [-0.25, -0.2) is 4.79 Å². The summed E-state index contributed by atoms with van der Waals surface area (Å²) in [5.74, 6) is 0. The Balaban J connectivity index is 3.31. The maximum absolute atomic E-state index is 11.7. The minimum absolute atomic E-state index is 0.0237. The summed E-state index contributed by atoms with van der Waals surface area (Å²) in [5, 5.41) is 11.6. The lowest BCUT2D eigenvalue weighted by Crippen LogP contribution is -2.39. The zero-order valence-electron chi connectivity index (χ0n) is 18.4. The summed E-state index contributed by atoms with van der Waals surface area (Å²) in [6.45, 7) is 3.88. The normalized spacial score (nSPS) is 10.9. The monoisotopic (exact) mass is 384 g/mol. The highest BCUT2D eigenvalue weighted by molar-refractivity contribution is 5.73. The van der Waals surface area contributed by atoms with Gasteiger partial charge in [-0.2, -0.15) is 0 Å². The van der Waals surface area contributed by atoms with Gasteiger partial charge in [0.15, 0.2) is 0 Å². The van der Waals surface area contributed by atoms with Crippen LogP contribution in [0, 0.1) is 0 Å². The highest BCUT2D eigenvalue weighted by Crippen LogP contribution is 2.13. The van der Waals surface area contributed by atoms with Crippen LogP contribution in [-0.4, -0.2) is 42.8 Å². The molecule has 0 aromatic carbocycles. The fraction of sp³-hybridized carbons (Fsp3) is 0.957. The van der Waals surface area contributed by atoms with Gasteiger partial charge in [0, 0.05) is 26.7 Å². The van der Waals surface area contributed by atoms with Gasteiger partial charge in [0.2, 0.25) is 0 Å². The molecule has 0 atom stereocenters. The predicted molar refractivity (Wildman–Crippen MR) is 117 cm³/mol. The van der Waals surface area contributed by atoms with E-state index in [0.29, 0.717) is 13.0 Å². The lowest BCUT2D eigenvalue weighted by atomic mass is 10.0. The van der Waals surface area contributed by atoms with Crippen molar-refractivity contribution in [2.45, 2.75) is 116 Å². The lowest BCUT2D eigenvalue weighted by Gasteiger charge is -2.21. The molecule has 0 saturated heterocycles. The molecular formula is C23H48N2O2. The molecule has 2 N–H and O–H groups in total. The van der Waals surface area contributed by atoms with Gasteiger partial charge in [-0.3, -0.25) is 0 Å². The molecule has 0 aromatic rings. The van der Waals surface area contributed by atoms with Crippen LogP contribution in [0.4, 0.5) is 4.79 Å². The highest BCUT2D eigenvalue weighted by Gasteiger charge is 2.10. The molecule has 162 valence electrons. The van der Waals surface area contributed by atoms with E-state index in [1.54, 1.807) is 7.05 Å². The number of aliphatic hydroxyl groups is 1. The third kappa shape index (κ3) is 18.4. The van der Waals surface area contributed by atoms with E-state index in [9.17, 15) is 4.79 Å². The first-order valence-electron chi connectivity index (χ1n) is 11.8. The van der Waals surface area contributed by atoms with Crippen LogP contribution < -0.4 is 5.32 Å². The van der Waals surface area contributed by atoms with Crippen molar-refractivity contribution >= 4 is 6.03 Å². The third-order valence-electron chi connectivity index (χ3n) is 5.37. The van der Waals surface area contributed by atoms with Crippen LogP contribution in [0.25, 0.3) is 0 Å². The van der Waals surface area contributed by atoms with Crippen LogP contribution in [0.5, 0.6) is 0 Å². The summed E-state index contributed by atoms with van der Waals surface area (Å²) in [6.07, 6.45) is 22.5. The van der Waals surface area contributed by atoms with Gasteiger partial charge in [0.25, 0.3) is 0 Å². The molecule has 0 aromatic heterocycles. The summed E-state index contributed by atoms with van der Waals surface area (Å²) in [7, 11) is 1.67. The molecule has 0 saturated carbocycles. The zero-order chi connectivity index (χ0) is 20.0. The first kappa shape index (κ1) is 26.2. The number of nitrogens with one attached hydrogen (secondary N) is 1. The van der Waals surface area contributed by atoms with E-state index in [2.05, 4.69) is 12.2 Å². The van der Waals surface area contributed by atoms with Gasteiger partial charge in [0.05, 0.1) is 0 Å². The van der Waals surface area contributed by atoms with E-state index in [1.807, 2.05) is 4.90 Å². The Morgan fingerprint density at radius 1 is 0.667 bits per heavy atom. The second kappa shape index (κ2) is 21.5. The molecule has 0 heterocycles. The van der Waals surface area contributed by atoms with Gasteiger partial charge >= 0.3 is 6.03 Å². The largest absolute Gasteiger partial charge is 0.396 e. The van der Waals surface area contributed by atoms with Crippen molar-refractivity contribution in [1.82, 2.24) is 10.2 Å². The van der Waals surface area contributed by atoms with Crippen molar-refractivity contribution < 1.29 is 9.90 Å². The summed E-state index contributed by atoms with van der Waals surface area (Å²) >= 11 is 0. The molecular weight excluding hydrogens is 336 g/mol. The number of carbonyl (C=O) groups is 1. The second-order valence-corrected chi connectivity index (χ2v) is 7.92. The smallest absolute Gasteiger partial charge is 0.317 e. The molecule has 0 spiro atoms. The Bertz CT molecular complexity index is 311. The summed E-state index contributed by atoms with van der Waals surface area (Å²) < 4.78 is 0. The number of rotatable bonds is 20. The Labute approximate surface area is 169 Å². The zero-order valence-corrected chi connectivity index (χ0v) is 18.4. The van der Waals surface area contributed by atoms with Gasteiger partial charge in [-0.1, -0.05) is 103 Å². The quantitative estimate of drug-likeness (QED) is 0.243. The van der Waals surface area contributed by atoms with Crippen LogP contribution in [0.15, 0.2) is 0 Å². The van der Waals surface area contributed by atoms with Gasteiger partial charge in [-0.05, 0) is 12.8 Å². The van der Waals surface area contributed by atoms with E-state index >= 15 is 0 Å². The SMILES string of the molecule is CCCCCCCCCCCCCCCCCCN(CCCO)C(=O)NC. The molecule has 0 aliphatic rings. The van der Waals surface area contributed by atoms with Gasteiger partial charge in [-0.15, -0.1) is 0 Å². The number of unbranched alkanes of at least 4 members (excludes halogenated alkanes) is 15. The molecule has 0 aliphatic heterocycles. The number of aliphatic hydroxyl groups excluding tert-OH is 1. The Hall–Kier alpha value is -0.770. The van der Waals surface area contributed by atoms with Crippen LogP contribution in [-0.2, 0) is 0 Å². The van der Waals surface area contributed by atoms with Crippen LogP contribution in [0.2, 0.25) is 0 Å². The number of hydrogen-bond donors (Lipinski definition) is 2. The fourth-order valence-electron chi connectivity index (χ4n) is 3.59. The summed E-state index contributed by atoms with van der Waals surface area (Å²) in [4.78, 5) is 13.6. The predicted octanol–water partition coefficient (Wildman–Crippen LogP) is 6.27. The van der Waals surface area contributed by atoms with Crippen LogP contribution in [0.1, 0.15) is 116 Å². The average Bonchev–Trinajstić information content (AvgIpc) is 2.69. The maximum Gasteiger partial charge on any atom is 0.317 e. The minimum Gasteiger partial charge on any atom is -0.396 e. The number of urea groups is 1. The molecule has 0 fully saturated rings.